The minimum Gasteiger partial charge on any atom is -0.366 e. The fourth-order valence-corrected chi connectivity index (χ4v) is 3.28. The van der Waals surface area contributed by atoms with Crippen molar-refractivity contribution in [2.75, 3.05) is 36.0 Å². The van der Waals surface area contributed by atoms with Gasteiger partial charge in [-0.25, -0.2) is 9.67 Å². The van der Waals surface area contributed by atoms with Gasteiger partial charge in [-0.3, -0.25) is 9.78 Å². The van der Waals surface area contributed by atoms with Crippen LogP contribution in [0.1, 0.15) is 11.4 Å². The van der Waals surface area contributed by atoms with Crippen LogP contribution in [0.15, 0.2) is 59.7 Å². The average molecular weight is 373 g/mol. The van der Waals surface area contributed by atoms with Crippen LogP contribution in [0.25, 0.3) is 0 Å². The van der Waals surface area contributed by atoms with Gasteiger partial charge in [0, 0.05) is 44.6 Å². The van der Waals surface area contributed by atoms with Crippen LogP contribution in [-0.4, -0.2) is 45.9 Å². The van der Waals surface area contributed by atoms with Crippen LogP contribution in [0.3, 0.4) is 0 Å². The highest BCUT2D eigenvalue weighted by atomic mass is 16.1. The van der Waals surface area contributed by atoms with E-state index in [-0.39, 0.29) is 5.56 Å². The molecule has 0 amide bonds. The first kappa shape index (κ1) is 17.7. The second-order valence-corrected chi connectivity index (χ2v) is 6.47. The fourth-order valence-electron chi connectivity index (χ4n) is 3.28. The molecule has 4 heterocycles. The number of anilines is 2. The topological polar surface area (TPSA) is 90.9 Å². The van der Waals surface area contributed by atoms with Gasteiger partial charge in [-0.2, -0.15) is 10.4 Å². The molecule has 0 aliphatic carbocycles. The third-order valence-electron chi connectivity index (χ3n) is 4.73. The Labute approximate surface area is 162 Å². The summed E-state index contributed by atoms with van der Waals surface area (Å²) >= 11 is 0. The van der Waals surface area contributed by atoms with Gasteiger partial charge in [0.25, 0.3) is 5.56 Å². The highest BCUT2D eigenvalue weighted by molar-refractivity contribution is 5.57. The molecular formula is C20H19N7O. The average Bonchev–Trinajstić information content (AvgIpc) is 2.76. The maximum Gasteiger partial charge on any atom is 0.267 e. The second-order valence-electron chi connectivity index (χ2n) is 6.47. The van der Waals surface area contributed by atoms with Crippen molar-refractivity contribution in [3.8, 4) is 6.07 Å². The van der Waals surface area contributed by atoms with Crippen LogP contribution < -0.4 is 15.4 Å². The van der Waals surface area contributed by atoms with Crippen LogP contribution >= 0.6 is 0 Å². The Morgan fingerprint density at radius 1 is 0.929 bits per heavy atom. The van der Waals surface area contributed by atoms with E-state index in [0.29, 0.717) is 12.2 Å². The van der Waals surface area contributed by atoms with E-state index in [1.165, 1.54) is 4.68 Å². The molecule has 0 spiro atoms. The Balaban J connectivity index is 1.48. The van der Waals surface area contributed by atoms with Crippen molar-refractivity contribution < 1.29 is 0 Å². The molecule has 0 radical (unpaired) electrons. The van der Waals surface area contributed by atoms with E-state index in [4.69, 9.17) is 0 Å². The Hall–Kier alpha value is -3.73. The monoisotopic (exact) mass is 373 g/mol. The Kier molecular flexibility index (Phi) is 4.97. The zero-order valence-electron chi connectivity index (χ0n) is 15.3. The predicted octanol–water partition coefficient (Wildman–Crippen LogP) is 1.28. The first-order valence-corrected chi connectivity index (χ1v) is 9.08. The van der Waals surface area contributed by atoms with Gasteiger partial charge >= 0.3 is 0 Å². The number of nitrogens with zero attached hydrogens (tertiary/aromatic N) is 7. The normalized spacial score (nSPS) is 14.0. The number of aromatic nitrogens is 4. The van der Waals surface area contributed by atoms with E-state index in [9.17, 15) is 10.1 Å². The number of hydrogen-bond donors (Lipinski definition) is 0. The molecule has 3 aromatic rings. The second kappa shape index (κ2) is 7.88. The minimum absolute atomic E-state index is 0.151. The molecule has 1 aliphatic rings. The molecular weight excluding hydrogens is 354 g/mol. The maximum absolute atomic E-state index is 12.2. The van der Waals surface area contributed by atoms with Gasteiger partial charge in [0.2, 0.25) is 0 Å². The van der Waals surface area contributed by atoms with Crippen molar-refractivity contribution in [1.29, 1.82) is 5.26 Å². The lowest BCUT2D eigenvalue weighted by Gasteiger charge is -2.36. The van der Waals surface area contributed by atoms with Crippen molar-refractivity contribution in [1.82, 2.24) is 19.7 Å². The van der Waals surface area contributed by atoms with Crippen LogP contribution in [0.2, 0.25) is 0 Å². The number of hydrogen-bond acceptors (Lipinski definition) is 7. The molecule has 140 valence electrons. The molecule has 1 saturated heterocycles. The molecule has 8 heteroatoms. The lowest BCUT2D eigenvalue weighted by atomic mass is 10.2. The van der Waals surface area contributed by atoms with Gasteiger partial charge in [0.1, 0.15) is 11.9 Å². The molecule has 1 fully saturated rings. The molecule has 1 aliphatic heterocycles. The molecule has 3 aromatic heterocycles. The van der Waals surface area contributed by atoms with Crippen molar-refractivity contribution in [3.05, 3.63) is 76.6 Å². The Morgan fingerprint density at radius 3 is 2.46 bits per heavy atom. The van der Waals surface area contributed by atoms with Crippen LogP contribution in [0, 0.1) is 11.3 Å². The number of rotatable bonds is 4. The lowest BCUT2D eigenvalue weighted by molar-refractivity contribution is 0.596. The Morgan fingerprint density at radius 2 is 1.71 bits per heavy atom. The van der Waals surface area contributed by atoms with Crippen LogP contribution in [0.4, 0.5) is 11.5 Å². The van der Waals surface area contributed by atoms with E-state index in [0.717, 1.165) is 43.4 Å². The maximum atomic E-state index is 12.2. The van der Waals surface area contributed by atoms with Crippen LogP contribution in [0.5, 0.6) is 0 Å². The lowest BCUT2D eigenvalue weighted by Crippen LogP contribution is -2.47. The summed E-state index contributed by atoms with van der Waals surface area (Å²) in [6.07, 6.45) is 3.34. The van der Waals surface area contributed by atoms with E-state index in [1.807, 2.05) is 30.3 Å². The van der Waals surface area contributed by atoms with Gasteiger partial charge in [0.05, 0.1) is 17.9 Å². The molecule has 0 saturated carbocycles. The number of nitriles is 1. The van der Waals surface area contributed by atoms with Crippen molar-refractivity contribution in [2.45, 2.75) is 6.54 Å². The largest absolute Gasteiger partial charge is 0.366 e. The summed E-state index contributed by atoms with van der Waals surface area (Å²) in [4.78, 5) is 24.9. The molecule has 4 rings (SSSR count). The van der Waals surface area contributed by atoms with E-state index >= 15 is 0 Å². The summed E-state index contributed by atoms with van der Waals surface area (Å²) < 4.78 is 1.44. The smallest absolute Gasteiger partial charge is 0.267 e. The zero-order chi connectivity index (χ0) is 19.3. The highest BCUT2D eigenvalue weighted by Gasteiger charge is 2.21. The molecule has 0 N–H and O–H groups in total. The van der Waals surface area contributed by atoms with Crippen molar-refractivity contribution in [2.24, 2.45) is 0 Å². The van der Waals surface area contributed by atoms with E-state index in [1.54, 1.807) is 24.5 Å². The third kappa shape index (κ3) is 3.69. The van der Waals surface area contributed by atoms with E-state index in [2.05, 4.69) is 30.9 Å². The van der Waals surface area contributed by atoms with Gasteiger partial charge in [-0.1, -0.05) is 6.07 Å². The molecule has 28 heavy (non-hydrogen) atoms. The summed E-state index contributed by atoms with van der Waals surface area (Å²) in [5.74, 6) is 0.766. The van der Waals surface area contributed by atoms with Gasteiger partial charge in [0.15, 0.2) is 5.69 Å². The standard InChI is InChI=1S/C20H19N7O/c21-14-17-18(5-3-9-23-17)25-10-12-26(13-11-25)19-6-7-20(28)27(24-19)15-16-4-1-2-8-22-16/h1-9H,10-13,15H2. The predicted molar refractivity (Wildman–Crippen MR) is 105 cm³/mol. The quantitative estimate of drug-likeness (QED) is 0.680. The SMILES string of the molecule is N#Cc1ncccc1N1CCN(c2ccc(=O)n(Cc3ccccn3)n2)CC1. The first-order valence-electron chi connectivity index (χ1n) is 9.08. The zero-order valence-corrected chi connectivity index (χ0v) is 15.3. The molecule has 8 nitrogen and oxygen atoms in total. The first-order chi connectivity index (χ1) is 13.7. The third-order valence-corrected chi connectivity index (χ3v) is 4.73. The summed E-state index contributed by atoms with van der Waals surface area (Å²) in [6.45, 7) is 3.33. The van der Waals surface area contributed by atoms with Crippen LogP contribution in [-0.2, 0) is 6.54 Å². The van der Waals surface area contributed by atoms with Gasteiger partial charge in [-0.15, -0.1) is 0 Å². The minimum atomic E-state index is -0.151. The summed E-state index contributed by atoms with van der Waals surface area (Å²) in [6, 6.07) is 14.8. The summed E-state index contributed by atoms with van der Waals surface area (Å²) in [5.41, 5.74) is 1.94. The number of piperazine rings is 1. The van der Waals surface area contributed by atoms with Gasteiger partial charge in [-0.05, 0) is 30.3 Å². The highest BCUT2D eigenvalue weighted by Crippen LogP contribution is 2.21. The molecule has 0 aromatic carbocycles. The molecule has 0 bridgehead atoms. The van der Waals surface area contributed by atoms with E-state index < -0.39 is 0 Å². The Bertz CT molecular complexity index is 1050. The summed E-state index contributed by atoms with van der Waals surface area (Å²) in [5, 5.41) is 13.8. The molecule has 0 atom stereocenters. The fraction of sp³-hybridized carbons (Fsp3) is 0.250. The number of pyridine rings is 2. The van der Waals surface area contributed by atoms with Crippen molar-refractivity contribution in [3.63, 3.8) is 0 Å². The van der Waals surface area contributed by atoms with Crippen molar-refractivity contribution >= 4 is 11.5 Å². The van der Waals surface area contributed by atoms with Gasteiger partial charge < -0.3 is 9.80 Å². The molecule has 0 unspecified atom stereocenters. The summed E-state index contributed by atoms with van der Waals surface area (Å²) in [7, 11) is 0.